The second-order valence-corrected chi connectivity index (χ2v) is 7.64. The average molecular weight is 373 g/mol. The van der Waals surface area contributed by atoms with Crippen molar-refractivity contribution in [3.8, 4) is 0 Å². The summed E-state index contributed by atoms with van der Waals surface area (Å²) >= 11 is 0. The first-order valence-electron chi connectivity index (χ1n) is 9.54. The van der Waals surface area contributed by atoms with Gasteiger partial charge in [-0.3, -0.25) is 9.48 Å². The number of hydrogen-bond donors (Lipinski definition) is 3. The van der Waals surface area contributed by atoms with E-state index in [4.69, 9.17) is 0 Å². The normalized spacial score (nSPS) is 13.4. The van der Waals surface area contributed by atoms with Gasteiger partial charge in [0.2, 0.25) is 0 Å². The molecule has 0 saturated heterocycles. The molecule has 2 aromatic rings. The molecule has 0 aliphatic heterocycles. The highest BCUT2D eigenvalue weighted by Gasteiger charge is 2.16. The first-order valence-corrected chi connectivity index (χ1v) is 9.54. The molecule has 6 nitrogen and oxygen atoms in total. The Balaban J connectivity index is 2.00. The summed E-state index contributed by atoms with van der Waals surface area (Å²) in [6, 6.07) is 6.06. The maximum atomic E-state index is 12.7. The monoisotopic (exact) mass is 372 g/mol. The molecule has 2 atom stereocenters. The number of carbonyl (C=O) groups excluding carboxylic acids is 1. The molecule has 148 valence electrons. The molecule has 0 aliphatic carbocycles. The molecular formula is C21H32N4O2. The average Bonchev–Trinajstić information content (AvgIpc) is 3.04. The van der Waals surface area contributed by atoms with Gasteiger partial charge in [-0.05, 0) is 49.4 Å². The van der Waals surface area contributed by atoms with E-state index in [2.05, 4.69) is 36.5 Å². The summed E-state index contributed by atoms with van der Waals surface area (Å²) in [5.74, 6) is 0.346. The molecule has 1 aromatic carbocycles. The maximum absolute atomic E-state index is 12.7. The number of carbonyl (C=O) groups is 1. The lowest BCUT2D eigenvalue weighted by molar-refractivity contribution is 0.0939. The highest BCUT2D eigenvalue weighted by atomic mass is 16.3. The Bertz CT molecular complexity index is 754. The predicted molar refractivity (Wildman–Crippen MR) is 109 cm³/mol. The summed E-state index contributed by atoms with van der Waals surface area (Å²) in [5.41, 5.74) is 3.64. The number of hydrogen-bond acceptors (Lipinski definition) is 4. The summed E-state index contributed by atoms with van der Waals surface area (Å²) in [6.07, 6.45) is 4.40. The quantitative estimate of drug-likeness (QED) is 0.632. The van der Waals surface area contributed by atoms with E-state index < -0.39 is 0 Å². The van der Waals surface area contributed by atoms with Crippen molar-refractivity contribution in [3.05, 3.63) is 47.3 Å². The Morgan fingerprint density at radius 3 is 2.63 bits per heavy atom. The maximum Gasteiger partial charge on any atom is 0.251 e. The number of aryl methyl sites for hydroxylation is 1. The second-order valence-electron chi connectivity index (χ2n) is 7.64. The Morgan fingerprint density at radius 2 is 2.04 bits per heavy atom. The molecule has 0 fully saturated rings. The van der Waals surface area contributed by atoms with Gasteiger partial charge in [0.25, 0.3) is 5.91 Å². The number of benzene rings is 1. The van der Waals surface area contributed by atoms with Crippen LogP contribution in [0.25, 0.3) is 0 Å². The highest BCUT2D eigenvalue weighted by molar-refractivity contribution is 5.97. The van der Waals surface area contributed by atoms with Gasteiger partial charge in [0.1, 0.15) is 0 Å². The van der Waals surface area contributed by atoms with Crippen LogP contribution in [0.1, 0.15) is 42.3 Å². The summed E-state index contributed by atoms with van der Waals surface area (Å²) in [5, 5.41) is 20.2. The first kappa shape index (κ1) is 21.0. The zero-order chi connectivity index (χ0) is 20.0. The van der Waals surface area contributed by atoms with E-state index in [-0.39, 0.29) is 18.4 Å². The van der Waals surface area contributed by atoms with Gasteiger partial charge < -0.3 is 15.7 Å². The lowest BCUT2D eigenvalue weighted by Crippen LogP contribution is -2.32. The Morgan fingerprint density at radius 1 is 1.30 bits per heavy atom. The molecule has 3 N–H and O–H groups in total. The molecule has 1 amide bonds. The number of rotatable bonds is 9. The highest BCUT2D eigenvalue weighted by Crippen LogP contribution is 2.21. The molecule has 0 spiro atoms. The minimum absolute atomic E-state index is 0.0155. The van der Waals surface area contributed by atoms with Crippen LogP contribution in [-0.4, -0.2) is 40.0 Å². The number of nitrogens with one attached hydrogen (secondary N) is 2. The van der Waals surface area contributed by atoms with Gasteiger partial charge in [-0.1, -0.05) is 19.9 Å². The van der Waals surface area contributed by atoms with Gasteiger partial charge in [0.05, 0.1) is 6.20 Å². The number of aliphatic hydroxyl groups excluding tert-OH is 1. The molecule has 1 heterocycles. The van der Waals surface area contributed by atoms with Crippen molar-refractivity contribution >= 4 is 11.6 Å². The summed E-state index contributed by atoms with van der Waals surface area (Å²) in [4.78, 5) is 12.7. The van der Waals surface area contributed by atoms with Gasteiger partial charge in [0, 0.05) is 49.6 Å². The number of nitrogens with zero attached hydrogens (tertiary/aromatic N) is 2. The minimum atomic E-state index is -0.113. The molecule has 27 heavy (non-hydrogen) atoms. The van der Waals surface area contributed by atoms with Gasteiger partial charge in [-0.15, -0.1) is 0 Å². The predicted octanol–water partition coefficient (Wildman–Crippen LogP) is 2.77. The summed E-state index contributed by atoms with van der Waals surface area (Å²) in [7, 11) is 1.86. The lowest BCUT2D eigenvalue weighted by Gasteiger charge is -2.21. The molecule has 6 heteroatoms. The van der Waals surface area contributed by atoms with Gasteiger partial charge >= 0.3 is 0 Å². The van der Waals surface area contributed by atoms with Crippen molar-refractivity contribution in [1.82, 2.24) is 15.1 Å². The second kappa shape index (κ2) is 9.55. The van der Waals surface area contributed by atoms with E-state index in [9.17, 15) is 9.90 Å². The van der Waals surface area contributed by atoms with Crippen LogP contribution in [0.4, 0.5) is 5.69 Å². The van der Waals surface area contributed by atoms with Crippen LogP contribution in [0.15, 0.2) is 30.6 Å². The fourth-order valence-corrected chi connectivity index (χ4v) is 2.89. The number of anilines is 1. The third-order valence-electron chi connectivity index (χ3n) is 5.05. The van der Waals surface area contributed by atoms with Crippen molar-refractivity contribution in [2.45, 2.75) is 40.2 Å². The Kier molecular flexibility index (Phi) is 7.42. The zero-order valence-electron chi connectivity index (χ0n) is 17.0. The third kappa shape index (κ3) is 5.82. The van der Waals surface area contributed by atoms with Crippen LogP contribution in [0, 0.1) is 18.8 Å². The lowest BCUT2D eigenvalue weighted by atomic mass is 10.0. The minimum Gasteiger partial charge on any atom is -0.396 e. The third-order valence-corrected chi connectivity index (χ3v) is 5.05. The molecule has 0 bridgehead atoms. The van der Waals surface area contributed by atoms with Crippen molar-refractivity contribution < 1.29 is 9.90 Å². The van der Waals surface area contributed by atoms with E-state index in [1.165, 1.54) is 0 Å². The molecular weight excluding hydrogens is 340 g/mol. The van der Waals surface area contributed by atoms with Gasteiger partial charge in [-0.25, -0.2) is 0 Å². The number of aromatic nitrogens is 2. The number of aliphatic hydroxyl groups is 1. The molecule has 2 rings (SSSR count). The Hall–Kier alpha value is -2.34. The molecule has 0 radical (unpaired) electrons. The van der Waals surface area contributed by atoms with E-state index in [1.807, 2.05) is 38.4 Å². The van der Waals surface area contributed by atoms with E-state index in [0.717, 1.165) is 16.8 Å². The number of amides is 1. The molecule has 0 saturated carbocycles. The largest absolute Gasteiger partial charge is 0.396 e. The molecule has 0 aliphatic rings. The van der Waals surface area contributed by atoms with Crippen LogP contribution in [0.5, 0.6) is 0 Å². The van der Waals surface area contributed by atoms with E-state index >= 15 is 0 Å². The molecule has 1 aromatic heterocycles. The Labute approximate surface area is 162 Å². The van der Waals surface area contributed by atoms with Crippen LogP contribution >= 0.6 is 0 Å². The van der Waals surface area contributed by atoms with Gasteiger partial charge in [0.15, 0.2) is 0 Å². The van der Waals surface area contributed by atoms with Crippen molar-refractivity contribution in [3.63, 3.8) is 0 Å². The first-order chi connectivity index (χ1) is 12.8. The zero-order valence-corrected chi connectivity index (χ0v) is 17.0. The van der Waals surface area contributed by atoms with Crippen molar-refractivity contribution in [2.75, 3.05) is 18.5 Å². The fourth-order valence-electron chi connectivity index (χ4n) is 2.89. The van der Waals surface area contributed by atoms with E-state index in [1.54, 1.807) is 10.9 Å². The van der Waals surface area contributed by atoms with Crippen LogP contribution in [-0.2, 0) is 13.5 Å². The smallest absolute Gasteiger partial charge is 0.251 e. The fraction of sp³-hybridized carbons (Fsp3) is 0.524. The van der Waals surface area contributed by atoms with Crippen molar-refractivity contribution in [1.29, 1.82) is 0 Å². The summed E-state index contributed by atoms with van der Waals surface area (Å²) in [6.45, 7) is 8.87. The summed E-state index contributed by atoms with van der Waals surface area (Å²) < 4.78 is 1.74. The molecule has 0 unspecified atom stereocenters. The van der Waals surface area contributed by atoms with Gasteiger partial charge in [-0.2, -0.15) is 5.10 Å². The SMILES string of the molecule is Cc1c(N[C@H](C)C(C)C)cccc1C(=O)NC[C@H](CO)Cc1cnn(C)c1. The van der Waals surface area contributed by atoms with Crippen LogP contribution in [0.2, 0.25) is 0 Å². The van der Waals surface area contributed by atoms with E-state index in [0.29, 0.717) is 30.5 Å². The van der Waals surface area contributed by atoms with Crippen LogP contribution < -0.4 is 10.6 Å². The van der Waals surface area contributed by atoms with Crippen LogP contribution in [0.3, 0.4) is 0 Å². The van der Waals surface area contributed by atoms with Crippen molar-refractivity contribution in [2.24, 2.45) is 18.9 Å². The standard InChI is InChI=1S/C21H32N4O2/c1-14(2)16(4)24-20-8-6-7-19(15(20)3)21(27)22-10-18(13-26)9-17-11-23-25(5)12-17/h6-8,11-12,14,16,18,24,26H,9-10,13H2,1-5H3,(H,22,27)/t16-,18-/m1/s1. The topological polar surface area (TPSA) is 79.2 Å².